The van der Waals surface area contributed by atoms with Gasteiger partial charge in [0.15, 0.2) is 5.82 Å². The molecule has 0 spiro atoms. The molecule has 2 rings (SSSR count). The number of nitro benzene ring substituents is 1. The van der Waals surface area contributed by atoms with E-state index in [1.165, 1.54) is 6.07 Å². The van der Waals surface area contributed by atoms with Gasteiger partial charge < -0.3 is 5.32 Å². The monoisotopic (exact) mass is 339 g/mol. The minimum absolute atomic E-state index is 0.105. The van der Waals surface area contributed by atoms with Crippen LogP contribution in [0.4, 0.5) is 11.4 Å². The Kier molecular flexibility index (Phi) is 4.33. The van der Waals surface area contributed by atoms with E-state index in [0.29, 0.717) is 23.0 Å². The molecule has 0 aliphatic heterocycles. The summed E-state index contributed by atoms with van der Waals surface area (Å²) < 4.78 is 2.32. The number of aromatic nitrogens is 3. The van der Waals surface area contributed by atoms with Crippen molar-refractivity contribution in [1.82, 2.24) is 14.8 Å². The van der Waals surface area contributed by atoms with Crippen molar-refractivity contribution in [1.29, 1.82) is 0 Å². The van der Waals surface area contributed by atoms with Gasteiger partial charge >= 0.3 is 0 Å². The molecule has 7 nitrogen and oxygen atoms in total. The minimum atomic E-state index is -0.387. The molecule has 0 aliphatic rings. The standard InChI is InChI=1S/C12H14BrN5O2/c1-8-5-10(9(13)6-11(8)18(19)20)14-4-3-12-15-7-17(2)16-12/h5-7,14H,3-4H2,1-2H3. The summed E-state index contributed by atoms with van der Waals surface area (Å²) in [5.41, 5.74) is 1.55. The molecule has 0 fully saturated rings. The zero-order chi connectivity index (χ0) is 14.7. The van der Waals surface area contributed by atoms with Gasteiger partial charge in [-0.3, -0.25) is 14.8 Å². The molecular formula is C12H14BrN5O2. The van der Waals surface area contributed by atoms with Crippen LogP contribution in [0, 0.1) is 17.0 Å². The predicted molar refractivity (Wildman–Crippen MR) is 78.7 cm³/mol. The van der Waals surface area contributed by atoms with Crippen LogP contribution in [0.15, 0.2) is 22.9 Å². The molecule has 0 atom stereocenters. The highest BCUT2D eigenvalue weighted by molar-refractivity contribution is 9.10. The fourth-order valence-corrected chi connectivity index (χ4v) is 2.28. The van der Waals surface area contributed by atoms with Crippen LogP contribution in [0.1, 0.15) is 11.4 Å². The molecule has 0 unspecified atom stereocenters. The molecular weight excluding hydrogens is 326 g/mol. The van der Waals surface area contributed by atoms with Crippen LogP contribution in [-0.2, 0) is 13.5 Å². The Balaban J connectivity index is 2.03. The summed E-state index contributed by atoms with van der Waals surface area (Å²) in [4.78, 5) is 14.6. The van der Waals surface area contributed by atoms with Crippen LogP contribution in [0.3, 0.4) is 0 Å². The summed E-state index contributed by atoms with van der Waals surface area (Å²) in [6.45, 7) is 2.37. The highest BCUT2D eigenvalue weighted by Gasteiger charge is 2.13. The third kappa shape index (κ3) is 3.32. The molecule has 0 radical (unpaired) electrons. The van der Waals surface area contributed by atoms with Gasteiger partial charge in [0.05, 0.1) is 4.92 Å². The molecule has 1 aromatic heterocycles. The maximum absolute atomic E-state index is 10.8. The van der Waals surface area contributed by atoms with Crippen LogP contribution in [0.5, 0.6) is 0 Å². The lowest BCUT2D eigenvalue weighted by atomic mass is 10.2. The summed E-state index contributed by atoms with van der Waals surface area (Å²) in [6.07, 6.45) is 2.34. The van der Waals surface area contributed by atoms with E-state index in [2.05, 4.69) is 31.3 Å². The summed E-state index contributed by atoms with van der Waals surface area (Å²) in [7, 11) is 1.82. The first-order valence-electron chi connectivity index (χ1n) is 6.00. The lowest BCUT2D eigenvalue weighted by Gasteiger charge is -2.09. The van der Waals surface area contributed by atoms with Crippen LogP contribution < -0.4 is 5.32 Å². The largest absolute Gasteiger partial charge is 0.384 e. The minimum Gasteiger partial charge on any atom is -0.384 e. The smallest absolute Gasteiger partial charge is 0.273 e. The van der Waals surface area contributed by atoms with E-state index >= 15 is 0 Å². The maximum Gasteiger partial charge on any atom is 0.273 e. The molecule has 0 saturated heterocycles. The second-order valence-electron chi connectivity index (χ2n) is 4.39. The van der Waals surface area contributed by atoms with Gasteiger partial charge in [-0.25, -0.2) is 4.98 Å². The van der Waals surface area contributed by atoms with Crippen molar-refractivity contribution >= 4 is 27.3 Å². The molecule has 106 valence electrons. The van der Waals surface area contributed by atoms with E-state index in [1.807, 2.05) is 7.05 Å². The molecule has 0 aliphatic carbocycles. The Labute approximate surface area is 124 Å². The Morgan fingerprint density at radius 1 is 1.50 bits per heavy atom. The molecule has 1 heterocycles. The van der Waals surface area contributed by atoms with Gasteiger partial charge in [-0.05, 0) is 28.9 Å². The third-order valence-corrected chi connectivity index (χ3v) is 3.45. The van der Waals surface area contributed by atoms with Crippen LogP contribution >= 0.6 is 15.9 Å². The van der Waals surface area contributed by atoms with Gasteiger partial charge in [0, 0.05) is 41.8 Å². The number of rotatable bonds is 5. The molecule has 1 aromatic carbocycles. The summed E-state index contributed by atoms with van der Waals surface area (Å²) in [6, 6.07) is 3.27. The highest BCUT2D eigenvalue weighted by atomic mass is 79.9. The number of anilines is 1. The van der Waals surface area contributed by atoms with Crippen molar-refractivity contribution in [2.75, 3.05) is 11.9 Å². The van der Waals surface area contributed by atoms with Crippen molar-refractivity contribution in [3.63, 3.8) is 0 Å². The number of benzene rings is 1. The SMILES string of the molecule is Cc1cc(NCCc2ncn(C)n2)c(Br)cc1[N+](=O)[O-]. The number of nitrogens with one attached hydrogen (secondary N) is 1. The lowest BCUT2D eigenvalue weighted by Crippen LogP contribution is -2.07. The quantitative estimate of drug-likeness (QED) is 0.667. The molecule has 0 bridgehead atoms. The Hall–Kier alpha value is -1.96. The number of hydrogen-bond acceptors (Lipinski definition) is 5. The Morgan fingerprint density at radius 3 is 2.85 bits per heavy atom. The lowest BCUT2D eigenvalue weighted by molar-refractivity contribution is -0.385. The van der Waals surface area contributed by atoms with Crippen molar-refractivity contribution in [3.05, 3.63) is 44.4 Å². The normalized spacial score (nSPS) is 10.6. The summed E-state index contributed by atoms with van der Waals surface area (Å²) >= 11 is 3.34. The van der Waals surface area contributed by atoms with Crippen LogP contribution in [-0.4, -0.2) is 26.2 Å². The number of hydrogen-bond donors (Lipinski definition) is 1. The Morgan fingerprint density at radius 2 is 2.25 bits per heavy atom. The fourth-order valence-electron chi connectivity index (χ4n) is 1.81. The second-order valence-corrected chi connectivity index (χ2v) is 5.24. The number of aryl methyl sites for hydroxylation is 2. The van der Waals surface area contributed by atoms with E-state index in [0.717, 1.165) is 11.5 Å². The van der Waals surface area contributed by atoms with E-state index in [1.54, 1.807) is 24.0 Å². The molecule has 0 saturated carbocycles. The van der Waals surface area contributed by atoms with Gasteiger partial charge in [0.2, 0.25) is 0 Å². The van der Waals surface area contributed by atoms with Gasteiger partial charge in [-0.15, -0.1) is 0 Å². The van der Waals surface area contributed by atoms with E-state index in [9.17, 15) is 10.1 Å². The van der Waals surface area contributed by atoms with Crippen LogP contribution in [0.2, 0.25) is 0 Å². The maximum atomic E-state index is 10.8. The fraction of sp³-hybridized carbons (Fsp3) is 0.333. The van der Waals surface area contributed by atoms with Crippen molar-refractivity contribution in [3.8, 4) is 0 Å². The molecule has 8 heteroatoms. The number of halogens is 1. The molecule has 0 amide bonds. The molecule has 20 heavy (non-hydrogen) atoms. The van der Waals surface area contributed by atoms with E-state index < -0.39 is 0 Å². The predicted octanol–water partition coefficient (Wildman–Crippen LogP) is 2.45. The third-order valence-electron chi connectivity index (χ3n) is 2.79. The number of nitrogens with zero attached hydrogens (tertiary/aromatic N) is 4. The summed E-state index contributed by atoms with van der Waals surface area (Å²) in [5.74, 6) is 0.759. The van der Waals surface area contributed by atoms with Gasteiger partial charge in [0.1, 0.15) is 6.33 Å². The van der Waals surface area contributed by atoms with Crippen molar-refractivity contribution in [2.24, 2.45) is 7.05 Å². The first-order chi connectivity index (χ1) is 9.47. The molecule has 1 N–H and O–H groups in total. The van der Waals surface area contributed by atoms with Crippen LogP contribution in [0.25, 0.3) is 0 Å². The average Bonchev–Trinajstić information content (AvgIpc) is 2.78. The Bertz CT molecular complexity index is 641. The molecule has 2 aromatic rings. The van der Waals surface area contributed by atoms with Gasteiger partial charge in [-0.1, -0.05) is 0 Å². The first-order valence-corrected chi connectivity index (χ1v) is 6.79. The zero-order valence-electron chi connectivity index (χ0n) is 11.1. The van der Waals surface area contributed by atoms with Gasteiger partial charge in [-0.2, -0.15) is 5.10 Å². The first kappa shape index (κ1) is 14.4. The average molecular weight is 340 g/mol. The highest BCUT2D eigenvalue weighted by Crippen LogP contribution is 2.30. The van der Waals surface area contributed by atoms with Crippen molar-refractivity contribution < 1.29 is 4.92 Å². The second kappa shape index (κ2) is 6.00. The van der Waals surface area contributed by atoms with Crippen molar-refractivity contribution in [2.45, 2.75) is 13.3 Å². The zero-order valence-corrected chi connectivity index (χ0v) is 12.7. The van der Waals surface area contributed by atoms with E-state index in [4.69, 9.17) is 0 Å². The summed E-state index contributed by atoms with van der Waals surface area (Å²) in [5, 5.41) is 18.2. The number of nitro groups is 1. The topological polar surface area (TPSA) is 85.9 Å². The van der Waals surface area contributed by atoms with Gasteiger partial charge in [0.25, 0.3) is 5.69 Å². The van der Waals surface area contributed by atoms with E-state index in [-0.39, 0.29) is 10.6 Å².